The number of rotatable bonds is 0. The minimum Gasteiger partial charge on any atom is -0.162 e. The lowest BCUT2D eigenvalue weighted by atomic mass is 9.48. The lowest BCUT2D eigenvalue weighted by Gasteiger charge is -2.64. The zero-order valence-corrected chi connectivity index (χ0v) is 14.4. The van der Waals surface area contributed by atoms with Crippen molar-refractivity contribution in [1.82, 2.24) is 0 Å². The molecule has 3 aliphatic rings. The average molecular weight is 313 g/mol. The third-order valence-corrected chi connectivity index (χ3v) is 8.02. The Balaban J connectivity index is 2.23. The van der Waals surface area contributed by atoms with Crippen molar-refractivity contribution in [3.63, 3.8) is 0 Å². The monoisotopic (exact) mass is 312 g/mol. The first-order valence-electron chi connectivity index (χ1n) is 7.51. The fourth-order valence-corrected chi connectivity index (χ4v) is 5.84. The smallest absolute Gasteiger partial charge is 0.0687 e. The molecule has 2 heteroatoms. The number of fused-ring (bicyclic) bond motifs is 1. The van der Waals surface area contributed by atoms with Crippen LogP contribution in [0.3, 0.4) is 0 Å². The van der Waals surface area contributed by atoms with Crippen LogP contribution in [0.4, 0.5) is 0 Å². The normalized spacial score (nSPS) is 35.2. The quantitative estimate of drug-likeness (QED) is 0.627. The van der Waals surface area contributed by atoms with Crippen molar-refractivity contribution in [3.05, 3.63) is 70.8 Å². The Morgan fingerprint density at radius 3 is 1.57 bits per heavy atom. The maximum absolute atomic E-state index is 5.29. The molecule has 108 valence electrons. The van der Waals surface area contributed by atoms with Crippen molar-refractivity contribution in [2.24, 2.45) is 11.3 Å². The Bertz CT molecular complexity index is 697. The third-order valence-electron chi connectivity index (χ3n) is 6.10. The van der Waals surface area contributed by atoms with Crippen molar-refractivity contribution in [2.75, 3.05) is 0 Å². The molecule has 1 atom stereocenters. The second kappa shape index (κ2) is 3.91. The van der Waals surface area contributed by atoms with Gasteiger partial charge >= 0.3 is 0 Å². The highest BCUT2D eigenvalue weighted by molar-refractivity contribution is 7.82. The van der Waals surface area contributed by atoms with E-state index >= 15 is 0 Å². The first-order chi connectivity index (χ1) is 9.86. The van der Waals surface area contributed by atoms with E-state index in [0.717, 1.165) is 0 Å². The van der Waals surface area contributed by atoms with Crippen LogP contribution in [0.5, 0.6) is 0 Å². The molecule has 0 aromatic heterocycles. The SMILES string of the molecule is C[C@@H]1C2(S)c3ccccc3C(S)(c3ccccc32)C1(C)C. The molecule has 0 radical (unpaired) electrons. The van der Waals surface area contributed by atoms with Crippen LogP contribution in [-0.4, -0.2) is 0 Å². The van der Waals surface area contributed by atoms with Gasteiger partial charge in [0, 0.05) is 0 Å². The van der Waals surface area contributed by atoms with E-state index in [4.69, 9.17) is 25.3 Å². The Morgan fingerprint density at radius 1 is 0.762 bits per heavy atom. The van der Waals surface area contributed by atoms with E-state index in [1.165, 1.54) is 22.3 Å². The Labute approximate surface area is 137 Å². The van der Waals surface area contributed by atoms with Crippen molar-refractivity contribution in [2.45, 2.75) is 30.3 Å². The zero-order chi connectivity index (χ0) is 15.0. The van der Waals surface area contributed by atoms with Crippen molar-refractivity contribution < 1.29 is 0 Å². The predicted octanol–water partition coefficient (Wildman–Crippen LogP) is 5.02. The van der Waals surface area contributed by atoms with Gasteiger partial charge in [-0.05, 0) is 33.6 Å². The van der Waals surface area contributed by atoms with Gasteiger partial charge in [0.25, 0.3) is 0 Å². The third kappa shape index (κ3) is 1.29. The fraction of sp³-hybridized carbons (Fsp3) is 0.368. The summed E-state index contributed by atoms with van der Waals surface area (Å²) in [6.45, 7) is 6.99. The Morgan fingerprint density at radius 2 is 1.14 bits per heavy atom. The molecule has 2 bridgehead atoms. The van der Waals surface area contributed by atoms with Crippen LogP contribution < -0.4 is 0 Å². The molecule has 2 aromatic carbocycles. The molecule has 0 amide bonds. The molecule has 0 spiro atoms. The summed E-state index contributed by atoms with van der Waals surface area (Å²) in [5.74, 6) is 0.399. The summed E-state index contributed by atoms with van der Waals surface area (Å²) in [5, 5.41) is 0. The van der Waals surface area contributed by atoms with Gasteiger partial charge in [0.15, 0.2) is 0 Å². The van der Waals surface area contributed by atoms with Gasteiger partial charge < -0.3 is 0 Å². The summed E-state index contributed by atoms with van der Waals surface area (Å²) in [5.41, 5.74) is 5.33. The minimum atomic E-state index is -0.260. The van der Waals surface area contributed by atoms with E-state index in [1.807, 2.05) is 0 Å². The molecule has 0 heterocycles. The van der Waals surface area contributed by atoms with Crippen LogP contribution in [0.15, 0.2) is 48.5 Å². The molecule has 0 saturated carbocycles. The molecule has 0 nitrogen and oxygen atoms in total. The topological polar surface area (TPSA) is 0 Å². The first kappa shape index (κ1) is 13.8. The fourth-order valence-electron chi connectivity index (χ4n) is 4.55. The van der Waals surface area contributed by atoms with Crippen molar-refractivity contribution in [1.29, 1.82) is 0 Å². The molecule has 0 N–H and O–H groups in total. The molecule has 0 fully saturated rings. The number of hydrogen-bond donors (Lipinski definition) is 2. The van der Waals surface area contributed by atoms with Gasteiger partial charge in [-0.3, -0.25) is 0 Å². The maximum Gasteiger partial charge on any atom is 0.0687 e. The second-order valence-electron chi connectivity index (χ2n) is 7.01. The standard InChI is InChI=1S/C19H20S2/c1-12-17(2,3)19(21)15-10-6-4-8-13(15)18(12,20)14-9-5-7-11-16(14)19/h4-12,20-21H,1-3H3/t12-,18?,19?/m0/s1. The largest absolute Gasteiger partial charge is 0.162 e. The summed E-state index contributed by atoms with van der Waals surface area (Å²) >= 11 is 10.5. The minimum absolute atomic E-state index is 0.0283. The van der Waals surface area contributed by atoms with E-state index in [0.29, 0.717) is 5.92 Å². The van der Waals surface area contributed by atoms with Crippen LogP contribution in [0.25, 0.3) is 0 Å². The summed E-state index contributed by atoms with van der Waals surface area (Å²) < 4.78 is -0.495. The van der Waals surface area contributed by atoms with E-state index in [9.17, 15) is 0 Å². The highest BCUT2D eigenvalue weighted by Gasteiger charge is 2.65. The van der Waals surface area contributed by atoms with Gasteiger partial charge in [-0.25, -0.2) is 0 Å². The highest BCUT2D eigenvalue weighted by Crippen LogP contribution is 2.71. The summed E-state index contributed by atoms with van der Waals surface area (Å²) in [6.07, 6.45) is 0. The summed E-state index contributed by atoms with van der Waals surface area (Å²) in [7, 11) is 0. The molecule has 0 unspecified atom stereocenters. The Hall–Kier alpha value is -0.860. The van der Waals surface area contributed by atoms with Gasteiger partial charge in [0.1, 0.15) is 0 Å². The van der Waals surface area contributed by atoms with Crippen molar-refractivity contribution >= 4 is 25.3 Å². The van der Waals surface area contributed by atoms with E-state index in [-0.39, 0.29) is 14.9 Å². The van der Waals surface area contributed by atoms with E-state index in [1.54, 1.807) is 0 Å². The van der Waals surface area contributed by atoms with Crippen LogP contribution in [-0.2, 0) is 9.49 Å². The molecule has 0 saturated heterocycles. The van der Waals surface area contributed by atoms with Gasteiger partial charge in [-0.1, -0.05) is 69.3 Å². The van der Waals surface area contributed by atoms with Crippen molar-refractivity contribution in [3.8, 4) is 0 Å². The molecular formula is C19H20S2. The van der Waals surface area contributed by atoms with Gasteiger partial charge in [0.05, 0.1) is 9.49 Å². The average Bonchev–Trinajstić information content (AvgIpc) is 2.50. The predicted molar refractivity (Wildman–Crippen MR) is 95.4 cm³/mol. The zero-order valence-electron chi connectivity index (χ0n) is 12.6. The molecular weight excluding hydrogens is 292 g/mol. The summed E-state index contributed by atoms with van der Waals surface area (Å²) in [4.78, 5) is 0. The Kier molecular flexibility index (Phi) is 2.56. The van der Waals surface area contributed by atoms with Crippen LogP contribution >= 0.6 is 25.3 Å². The number of thiol groups is 2. The van der Waals surface area contributed by atoms with Gasteiger partial charge in [0.2, 0.25) is 0 Å². The van der Waals surface area contributed by atoms with Gasteiger partial charge in [-0.15, -0.1) is 0 Å². The van der Waals surface area contributed by atoms with E-state index < -0.39 is 0 Å². The maximum atomic E-state index is 5.29. The van der Waals surface area contributed by atoms with Gasteiger partial charge in [-0.2, -0.15) is 25.3 Å². The first-order valence-corrected chi connectivity index (χ1v) is 8.40. The lowest BCUT2D eigenvalue weighted by Crippen LogP contribution is -2.59. The van der Waals surface area contributed by atoms with Crippen LogP contribution in [0.1, 0.15) is 43.0 Å². The summed E-state index contributed by atoms with van der Waals surface area (Å²) in [6, 6.07) is 17.4. The second-order valence-corrected chi connectivity index (χ2v) is 8.39. The molecule has 5 rings (SSSR count). The molecule has 21 heavy (non-hydrogen) atoms. The molecule has 2 aromatic rings. The van der Waals surface area contributed by atoms with Crippen LogP contribution in [0, 0.1) is 11.3 Å². The number of hydrogen-bond acceptors (Lipinski definition) is 2. The lowest BCUT2D eigenvalue weighted by molar-refractivity contribution is 0.113. The van der Waals surface area contributed by atoms with Crippen LogP contribution in [0.2, 0.25) is 0 Å². The molecule has 0 aliphatic heterocycles. The number of benzene rings is 2. The highest BCUT2D eigenvalue weighted by atomic mass is 32.1. The molecule has 3 aliphatic carbocycles. The van der Waals surface area contributed by atoms with E-state index in [2.05, 4.69) is 69.3 Å².